The molecular formula is C11H14ClN3O2. The molecule has 0 bridgehead atoms. The van der Waals surface area contributed by atoms with Gasteiger partial charge < -0.3 is 16.4 Å². The summed E-state index contributed by atoms with van der Waals surface area (Å²) < 4.78 is 0. The van der Waals surface area contributed by atoms with E-state index in [1.807, 2.05) is 0 Å². The molecule has 0 unspecified atom stereocenters. The summed E-state index contributed by atoms with van der Waals surface area (Å²) >= 11 is 5.94. The number of amides is 2. The number of carbonyl (C=O) groups excluding carboxylic acids is 2. The van der Waals surface area contributed by atoms with Gasteiger partial charge in [-0.05, 0) is 25.1 Å². The van der Waals surface area contributed by atoms with Gasteiger partial charge in [0.1, 0.15) is 0 Å². The van der Waals surface area contributed by atoms with Crippen molar-refractivity contribution in [1.29, 1.82) is 0 Å². The maximum atomic E-state index is 11.3. The molecule has 0 radical (unpaired) electrons. The molecule has 5 nitrogen and oxygen atoms in total. The molecule has 0 saturated carbocycles. The van der Waals surface area contributed by atoms with Crippen molar-refractivity contribution < 1.29 is 9.59 Å². The van der Waals surface area contributed by atoms with E-state index in [2.05, 4.69) is 10.6 Å². The third kappa shape index (κ3) is 4.05. The molecule has 2 amide bonds. The van der Waals surface area contributed by atoms with Crippen molar-refractivity contribution in [3.63, 3.8) is 0 Å². The van der Waals surface area contributed by atoms with Crippen molar-refractivity contribution >= 4 is 34.8 Å². The first-order chi connectivity index (χ1) is 7.90. The van der Waals surface area contributed by atoms with Crippen LogP contribution in [-0.4, -0.2) is 17.9 Å². The van der Waals surface area contributed by atoms with Gasteiger partial charge in [0.05, 0.1) is 16.8 Å². The molecule has 0 aliphatic heterocycles. The number of hydrogen-bond donors (Lipinski definition) is 3. The summed E-state index contributed by atoms with van der Waals surface area (Å²) in [6, 6.07) is 4.20. The van der Waals surface area contributed by atoms with E-state index in [9.17, 15) is 9.59 Å². The Bertz CT molecular complexity index is 446. The fourth-order valence-corrected chi connectivity index (χ4v) is 1.37. The summed E-state index contributed by atoms with van der Waals surface area (Å²) in [6.45, 7) is 2.98. The molecule has 0 fully saturated rings. The van der Waals surface area contributed by atoms with E-state index >= 15 is 0 Å². The van der Waals surface area contributed by atoms with Gasteiger partial charge in [-0.3, -0.25) is 9.59 Å². The van der Waals surface area contributed by atoms with Crippen molar-refractivity contribution in [2.24, 2.45) is 5.73 Å². The van der Waals surface area contributed by atoms with Gasteiger partial charge in [0.2, 0.25) is 11.8 Å². The predicted molar refractivity (Wildman–Crippen MR) is 68.0 cm³/mol. The third-order valence-electron chi connectivity index (χ3n) is 1.96. The zero-order valence-electron chi connectivity index (χ0n) is 9.58. The first kappa shape index (κ1) is 13.5. The summed E-state index contributed by atoms with van der Waals surface area (Å²) in [5.74, 6) is -0.507. The third-order valence-corrected chi connectivity index (χ3v) is 2.27. The van der Waals surface area contributed by atoms with Crippen LogP contribution < -0.4 is 16.4 Å². The van der Waals surface area contributed by atoms with Gasteiger partial charge in [-0.2, -0.15) is 0 Å². The second-order valence-electron chi connectivity index (χ2n) is 3.65. The lowest BCUT2D eigenvalue weighted by atomic mass is 10.2. The average molecular weight is 256 g/mol. The molecule has 0 aliphatic rings. The van der Waals surface area contributed by atoms with E-state index in [1.165, 1.54) is 6.92 Å². The molecule has 0 aliphatic carbocycles. The molecule has 4 N–H and O–H groups in total. The van der Waals surface area contributed by atoms with Crippen molar-refractivity contribution in [2.75, 3.05) is 10.6 Å². The van der Waals surface area contributed by atoms with Gasteiger partial charge in [0, 0.05) is 12.6 Å². The lowest BCUT2D eigenvalue weighted by Crippen LogP contribution is -2.32. The summed E-state index contributed by atoms with van der Waals surface area (Å²) in [6.07, 6.45) is 0. The van der Waals surface area contributed by atoms with Crippen LogP contribution in [0.25, 0.3) is 0 Å². The number of nitrogens with two attached hydrogens (primary N) is 1. The lowest BCUT2D eigenvalue weighted by molar-refractivity contribution is -0.117. The summed E-state index contributed by atoms with van der Waals surface area (Å²) in [4.78, 5) is 22.2. The highest BCUT2D eigenvalue weighted by molar-refractivity contribution is 6.34. The second-order valence-corrected chi connectivity index (χ2v) is 4.06. The summed E-state index contributed by atoms with van der Waals surface area (Å²) in [5, 5.41) is 5.52. The summed E-state index contributed by atoms with van der Waals surface area (Å²) in [7, 11) is 0. The Morgan fingerprint density at radius 1 is 1.35 bits per heavy atom. The molecule has 0 saturated heterocycles. The van der Waals surface area contributed by atoms with Crippen molar-refractivity contribution in [3.05, 3.63) is 23.2 Å². The van der Waals surface area contributed by atoms with Crippen molar-refractivity contribution in [3.8, 4) is 0 Å². The van der Waals surface area contributed by atoms with Gasteiger partial charge in [-0.25, -0.2) is 0 Å². The minimum absolute atomic E-state index is 0.209. The zero-order chi connectivity index (χ0) is 13.0. The Labute approximate surface area is 104 Å². The smallest absolute Gasteiger partial charge is 0.240 e. The van der Waals surface area contributed by atoms with E-state index in [0.29, 0.717) is 16.4 Å². The number of halogens is 1. The number of benzene rings is 1. The predicted octanol–water partition coefficient (Wildman–Crippen LogP) is 1.58. The fourth-order valence-electron chi connectivity index (χ4n) is 1.14. The maximum absolute atomic E-state index is 11.3. The molecule has 92 valence electrons. The maximum Gasteiger partial charge on any atom is 0.240 e. The molecule has 17 heavy (non-hydrogen) atoms. The normalized spacial score (nSPS) is 11.8. The van der Waals surface area contributed by atoms with Gasteiger partial charge in [0.25, 0.3) is 0 Å². The molecule has 6 heteroatoms. The second kappa shape index (κ2) is 5.65. The van der Waals surface area contributed by atoms with Gasteiger partial charge in [-0.15, -0.1) is 0 Å². The highest BCUT2D eigenvalue weighted by Crippen LogP contribution is 2.25. The topological polar surface area (TPSA) is 84.2 Å². The molecule has 0 spiro atoms. The summed E-state index contributed by atoms with van der Waals surface area (Å²) in [5.41, 5.74) is 6.45. The largest absolute Gasteiger partial charge is 0.325 e. The molecule has 1 aromatic rings. The van der Waals surface area contributed by atoms with Gasteiger partial charge >= 0.3 is 0 Å². The molecule has 0 aromatic heterocycles. The van der Waals surface area contributed by atoms with Crippen molar-refractivity contribution in [1.82, 2.24) is 0 Å². The number of anilines is 2. The Hall–Kier alpha value is -1.59. The first-order valence-corrected chi connectivity index (χ1v) is 5.41. The van der Waals surface area contributed by atoms with Crippen LogP contribution in [0.15, 0.2) is 18.2 Å². The highest BCUT2D eigenvalue weighted by atomic mass is 35.5. The number of hydrogen-bond acceptors (Lipinski definition) is 3. The fraction of sp³-hybridized carbons (Fsp3) is 0.273. The van der Waals surface area contributed by atoms with E-state index < -0.39 is 6.04 Å². The average Bonchev–Trinajstić information content (AvgIpc) is 2.21. The van der Waals surface area contributed by atoms with E-state index in [4.69, 9.17) is 17.3 Å². The van der Waals surface area contributed by atoms with Gasteiger partial charge in [0.15, 0.2) is 0 Å². The minimum atomic E-state index is -0.594. The van der Waals surface area contributed by atoms with E-state index in [0.717, 1.165) is 0 Å². The zero-order valence-corrected chi connectivity index (χ0v) is 10.3. The molecule has 1 aromatic carbocycles. The van der Waals surface area contributed by atoms with Crippen LogP contribution in [0.4, 0.5) is 11.4 Å². The first-order valence-electron chi connectivity index (χ1n) is 5.03. The quantitative estimate of drug-likeness (QED) is 0.767. The molecule has 1 rings (SSSR count). The van der Waals surface area contributed by atoms with Crippen LogP contribution in [-0.2, 0) is 9.59 Å². The van der Waals surface area contributed by atoms with Gasteiger partial charge in [-0.1, -0.05) is 11.6 Å². The van der Waals surface area contributed by atoms with Crippen LogP contribution in [0, 0.1) is 0 Å². The Balaban J connectivity index is 2.82. The Kier molecular flexibility index (Phi) is 4.48. The monoisotopic (exact) mass is 255 g/mol. The van der Waals surface area contributed by atoms with Crippen LogP contribution in [0.5, 0.6) is 0 Å². The lowest BCUT2D eigenvalue weighted by Gasteiger charge is -2.10. The van der Waals surface area contributed by atoms with E-state index in [-0.39, 0.29) is 11.8 Å². The van der Waals surface area contributed by atoms with Crippen LogP contribution in [0.3, 0.4) is 0 Å². The molecule has 0 heterocycles. The molecular weight excluding hydrogens is 242 g/mol. The van der Waals surface area contributed by atoms with Crippen LogP contribution in [0.1, 0.15) is 13.8 Å². The molecule has 1 atom stereocenters. The SMILES string of the molecule is CC(=O)Nc1ccc(NC(=O)[C@@H](C)N)cc1Cl. The number of carbonyl (C=O) groups is 2. The van der Waals surface area contributed by atoms with Crippen LogP contribution >= 0.6 is 11.6 Å². The van der Waals surface area contributed by atoms with E-state index in [1.54, 1.807) is 25.1 Å². The Morgan fingerprint density at radius 2 is 2.00 bits per heavy atom. The van der Waals surface area contributed by atoms with Crippen molar-refractivity contribution in [2.45, 2.75) is 19.9 Å². The van der Waals surface area contributed by atoms with Crippen LogP contribution in [0.2, 0.25) is 5.02 Å². The minimum Gasteiger partial charge on any atom is -0.325 e. The highest BCUT2D eigenvalue weighted by Gasteiger charge is 2.09. The number of rotatable bonds is 3. The number of nitrogens with one attached hydrogen (secondary N) is 2. The standard InChI is InChI=1S/C11H14ClN3O2/c1-6(13)11(17)15-8-3-4-10(9(12)5-8)14-7(2)16/h3-6H,13H2,1-2H3,(H,14,16)(H,15,17)/t6-/m1/s1. The Morgan fingerprint density at radius 3 is 2.47 bits per heavy atom.